The third-order valence-electron chi connectivity index (χ3n) is 5.09. The van der Waals surface area contributed by atoms with E-state index in [9.17, 15) is 9.59 Å². The number of unbranched alkanes of at least 4 members (excludes halogenated alkanes) is 1. The Balaban J connectivity index is 1.65. The summed E-state index contributed by atoms with van der Waals surface area (Å²) >= 11 is 0. The van der Waals surface area contributed by atoms with Gasteiger partial charge in [-0.1, -0.05) is 13.3 Å². The average molecular weight is 335 g/mol. The summed E-state index contributed by atoms with van der Waals surface area (Å²) in [6.45, 7) is 7.13. The predicted octanol–water partition coefficient (Wildman–Crippen LogP) is 0.283. The number of nitrogens with zero attached hydrogens (tertiary/aromatic N) is 5. The molecule has 1 aromatic rings. The SMILES string of the molecule is CCCCn1nnnc1CN1CCC[C@@H]([C@]2(C)NC(=O)NC2=O)C1. The van der Waals surface area contributed by atoms with E-state index >= 15 is 0 Å². The smallest absolute Gasteiger partial charge is 0.322 e. The normalized spacial score (nSPS) is 28.0. The number of piperidine rings is 1. The monoisotopic (exact) mass is 335 g/mol. The minimum atomic E-state index is -0.829. The molecule has 0 saturated carbocycles. The Kier molecular flexibility index (Phi) is 4.79. The Morgan fingerprint density at radius 1 is 1.38 bits per heavy atom. The number of rotatable bonds is 6. The number of amides is 3. The topological polar surface area (TPSA) is 105 Å². The van der Waals surface area contributed by atoms with Gasteiger partial charge in [0.1, 0.15) is 5.54 Å². The number of carbonyl (C=O) groups is 2. The predicted molar refractivity (Wildman–Crippen MR) is 85.8 cm³/mol. The highest BCUT2D eigenvalue weighted by molar-refractivity contribution is 6.06. The Bertz CT molecular complexity index is 617. The van der Waals surface area contributed by atoms with Crippen molar-refractivity contribution in [2.45, 2.75) is 58.2 Å². The minimum Gasteiger partial charge on any atom is -0.323 e. The summed E-state index contributed by atoms with van der Waals surface area (Å²) in [5.74, 6) is 0.707. The van der Waals surface area contributed by atoms with Crippen LogP contribution in [0, 0.1) is 5.92 Å². The zero-order valence-corrected chi connectivity index (χ0v) is 14.3. The molecule has 0 aromatic carbocycles. The molecule has 0 aliphatic carbocycles. The van der Waals surface area contributed by atoms with E-state index < -0.39 is 11.6 Å². The van der Waals surface area contributed by atoms with Crippen LogP contribution in [0.15, 0.2) is 0 Å². The highest BCUT2D eigenvalue weighted by Gasteiger charge is 2.48. The lowest BCUT2D eigenvalue weighted by atomic mass is 9.80. The van der Waals surface area contributed by atoms with Crippen molar-refractivity contribution in [2.24, 2.45) is 5.92 Å². The molecule has 0 unspecified atom stereocenters. The zero-order chi connectivity index (χ0) is 17.2. The number of likely N-dealkylation sites (tertiary alicyclic amines) is 1. The number of aryl methyl sites for hydroxylation is 1. The quantitative estimate of drug-likeness (QED) is 0.724. The number of tetrazole rings is 1. The average Bonchev–Trinajstić information content (AvgIpc) is 3.10. The zero-order valence-electron chi connectivity index (χ0n) is 14.3. The van der Waals surface area contributed by atoms with Crippen LogP contribution in [-0.4, -0.2) is 55.7 Å². The fourth-order valence-corrected chi connectivity index (χ4v) is 3.53. The van der Waals surface area contributed by atoms with Gasteiger partial charge in [0.2, 0.25) is 0 Å². The van der Waals surface area contributed by atoms with Crippen molar-refractivity contribution in [3.05, 3.63) is 5.82 Å². The first-order chi connectivity index (χ1) is 11.5. The van der Waals surface area contributed by atoms with Crippen LogP contribution in [-0.2, 0) is 17.9 Å². The summed E-state index contributed by atoms with van der Waals surface area (Å²) in [6.07, 6.45) is 4.05. The van der Waals surface area contributed by atoms with Gasteiger partial charge in [0, 0.05) is 19.0 Å². The minimum absolute atomic E-state index is 0.0812. The van der Waals surface area contributed by atoms with Crippen LogP contribution in [0.2, 0.25) is 0 Å². The van der Waals surface area contributed by atoms with Gasteiger partial charge in [-0.2, -0.15) is 0 Å². The van der Waals surface area contributed by atoms with Crippen molar-refractivity contribution >= 4 is 11.9 Å². The Hall–Kier alpha value is -2.03. The first-order valence-corrected chi connectivity index (χ1v) is 8.64. The van der Waals surface area contributed by atoms with Gasteiger partial charge in [0.25, 0.3) is 5.91 Å². The molecule has 9 heteroatoms. The van der Waals surface area contributed by atoms with Crippen LogP contribution in [0.25, 0.3) is 0 Å². The van der Waals surface area contributed by atoms with Crippen molar-refractivity contribution in [2.75, 3.05) is 13.1 Å². The summed E-state index contributed by atoms with van der Waals surface area (Å²) in [5.41, 5.74) is -0.829. The van der Waals surface area contributed by atoms with Crippen LogP contribution in [0.4, 0.5) is 4.79 Å². The molecular formula is C15H25N7O2. The number of hydrogen-bond donors (Lipinski definition) is 2. The maximum absolute atomic E-state index is 12.2. The van der Waals surface area contributed by atoms with Crippen LogP contribution in [0.3, 0.4) is 0 Å². The Morgan fingerprint density at radius 2 is 2.21 bits per heavy atom. The van der Waals surface area contributed by atoms with E-state index in [0.717, 1.165) is 51.1 Å². The standard InChI is InChI=1S/C15H25N7O2/c1-3-4-8-22-12(18-19-20-22)10-21-7-5-6-11(9-21)15(2)13(23)16-14(24)17-15/h11H,3-10H2,1-2H3,(H2,16,17,23,24)/t11-,15+/m1/s1. The fourth-order valence-electron chi connectivity index (χ4n) is 3.53. The molecule has 3 amide bonds. The molecule has 3 rings (SSSR count). The molecule has 2 aliphatic rings. The van der Waals surface area contributed by atoms with Crippen LogP contribution >= 0.6 is 0 Å². The lowest BCUT2D eigenvalue weighted by molar-refractivity contribution is -0.126. The molecule has 2 aliphatic heterocycles. The number of carbonyl (C=O) groups excluding carboxylic acids is 2. The van der Waals surface area contributed by atoms with Gasteiger partial charge in [-0.15, -0.1) is 5.10 Å². The molecule has 2 N–H and O–H groups in total. The number of imide groups is 1. The number of nitrogens with one attached hydrogen (secondary N) is 2. The van der Waals surface area contributed by atoms with Crippen LogP contribution in [0.5, 0.6) is 0 Å². The largest absolute Gasteiger partial charge is 0.323 e. The van der Waals surface area contributed by atoms with Gasteiger partial charge in [-0.3, -0.25) is 15.0 Å². The van der Waals surface area contributed by atoms with E-state index in [-0.39, 0.29) is 11.8 Å². The Labute approximate surface area is 141 Å². The second-order valence-electron chi connectivity index (χ2n) is 6.86. The molecule has 132 valence electrons. The van der Waals surface area contributed by atoms with Crippen molar-refractivity contribution in [1.29, 1.82) is 0 Å². The molecule has 0 bridgehead atoms. The first kappa shape index (κ1) is 16.8. The van der Waals surface area contributed by atoms with E-state index in [1.807, 2.05) is 11.6 Å². The summed E-state index contributed by atoms with van der Waals surface area (Å²) in [4.78, 5) is 25.9. The van der Waals surface area contributed by atoms with Gasteiger partial charge < -0.3 is 5.32 Å². The first-order valence-electron chi connectivity index (χ1n) is 8.64. The lowest BCUT2D eigenvalue weighted by Gasteiger charge is -2.39. The number of urea groups is 1. The third kappa shape index (κ3) is 3.26. The highest BCUT2D eigenvalue weighted by atomic mass is 16.2. The molecule has 24 heavy (non-hydrogen) atoms. The number of aromatic nitrogens is 4. The molecule has 9 nitrogen and oxygen atoms in total. The lowest BCUT2D eigenvalue weighted by Crippen LogP contribution is -2.55. The molecule has 2 saturated heterocycles. The molecule has 3 heterocycles. The molecule has 0 radical (unpaired) electrons. The van der Waals surface area contributed by atoms with Crippen LogP contribution < -0.4 is 10.6 Å². The van der Waals surface area contributed by atoms with E-state index in [0.29, 0.717) is 6.54 Å². The molecule has 2 atom stereocenters. The maximum atomic E-state index is 12.2. The van der Waals surface area contributed by atoms with E-state index in [2.05, 4.69) is 38.0 Å². The summed E-state index contributed by atoms with van der Waals surface area (Å²) in [5, 5.41) is 17.1. The van der Waals surface area contributed by atoms with E-state index in [1.54, 1.807) is 0 Å². The van der Waals surface area contributed by atoms with Gasteiger partial charge >= 0.3 is 6.03 Å². The summed E-state index contributed by atoms with van der Waals surface area (Å²) in [6, 6.07) is -0.400. The molecule has 1 aromatic heterocycles. The van der Waals surface area contributed by atoms with Crippen molar-refractivity contribution in [3.63, 3.8) is 0 Å². The van der Waals surface area contributed by atoms with Crippen molar-refractivity contribution in [3.8, 4) is 0 Å². The summed E-state index contributed by atoms with van der Waals surface area (Å²) in [7, 11) is 0. The van der Waals surface area contributed by atoms with E-state index in [1.165, 1.54) is 0 Å². The highest BCUT2D eigenvalue weighted by Crippen LogP contribution is 2.30. The third-order valence-corrected chi connectivity index (χ3v) is 5.09. The Morgan fingerprint density at radius 3 is 2.92 bits per heavy atom. The van der Waals surface area contributed by atoms with Crippen molar-refractivity contribution < 1.29 is 9.59 Å². The van der Waals surface area contributed by atoms with Gasteiger partial charge in [0.05, 0.1) is 6.54 Å². The number of hydrogen-bond acceptors (Lipinski definition) is 6. The molecule has 0 spiro atoms. The van der Waals surface area contributed by atoms with Gasteiger partial charge in [0.15, 0.2) is 5.82 Å². The maximum Gasteiger partial charge on any atom is 0.322 e. The fraction of sp³-hybridized carbons (Fsp3) is 0.800. The van der Waals surface area contributed by atoms with Crippen LogP contribution in [0.1, 0.15) is 45.4 Å². The molecular weight excluding hydrogens is 310 g/mol. The second kappa shape index (κ2) is 6.84. The second-order valence-corrected chi connectivity index (χ2v) is 6.86. The van der Waals surface area contributed by atoms with Gasteiger partial charge in [-0.25, -0.2) is 9.48 Å². The van der Waals surface area contributed by atoms with Gasteiger partial charge in [-0.05, 0) is 43.2 Å². The van der Waals surface area contributed by atoms with E-state index in [4.69, 9.17) is 0 Å². The van der Waals surface area contributed by atoms with Crippen molar-refractivity contribution in [1.82, 2.24) is 35.7 Å². The summed E-state index contributed by atoms with van der Waals surface area (Å²) < 4.78 is 1.86. The molecule has 2 fully saturated rings.